The first-order chi connectivity index (χ1) is 4.95. The van der Waals surface area contributed by atoms with Gasteiger partial charge in [-0.3, -0.25) is 0 Å². The van der Waals surface area contributed by atoms with Crippen LogP contribution in [0.4, 0.5) is 0 Å². The Hall–Kier alpha value is 0.310. The van der Waals surface area contributed by atoms with Crippen molar-refractivity contribution in [2.24, 2.45) is 5.92 Å². The largest absolute Gasteiger partial charge is 0.313 e. The maximum atomic E-state index is 3.62. The van der Waals surface area contributed by atoms with E-state index >= 15 is 0 Å². The lowest BCUT2D eigenvalue weighted by Gasteiger charge is -2.13. The molecule has 0 spiro atoms. The summed E-state index contributed by atoms with van der Waals surface area (Å²) in [7, 11) is 0. The zero-order valence-electron chi connectivity index (χ0n) is 6.31. The van der Waals surface area contributed by atoms with E-state index in [-0.39, 0.29) is 0 Å². The number of fused-ring (bicyclic) bond motifs is 3. The van der Waals surface area contributed by atoms with Crippen LogP contribution in [-0.2, 0) is 0 Å². The SMILES string of the molecule is C1CC2CNC(C1)CSC2. The highest BCUT2D eigenvalue weighted by molar-refractivity contribution is 7.99. The maximum Gasteiger partial charge on any atom is 0.0158 e. The van der Waals surface area contributed by atoms with E-state index in [0.29, 0.717) is 0 Å². The number of thioether (sulfide) groups is 1. The van der Waals surface area contributed by atoms with Crippen molar-refractivity contribution in [2.75, 3.05) is 18.1 Å². The monoisotopic (exact) mass is 157 g/mol. The molecule has 58 valence electrons. The molecule has 1 nitrogen and oxygen atoms in total. The predicted molar refractivity (Wildman–Crippen MR) is 46.5 cm³/mol. The lowest BCUT2D eigenvalue weighted by atomic mass is 10.1. The van der Waals surface area contributed by atoms with Crippen LogP contribution in [0.15, 0.2) is 0 Å². The van der Waals surface area contributed by atoms with Gasteiger partial charge in [0.05, 0.1) is 0 Å². The first-order valence-electron chi connectivity index (χ1n) is 4.26. The van der Waals surface area contributed by atoms with Crippen LogP contribution in [-0.4, -0.2) is 24.1 Å². The van der Waals surface area contributed by atoms with Crippen molar-refractivity contribution in [3.05, 3.63) is 0 Å². The predicted octanol–water partition coefficient (Wildman–Crippen LogP) is 1.49. The Labute approximate surface area is 67.0 Å². The molecule has 1 N–H and O–H groups in total. The van der Waals surface area contributed by atoms with Crippen LogP contribution in [0.3, 0.4) is 0 Å². The highest BCUT2D eigenvalue weighted by Gasteiger charge is 2.21. The molecule has 2 unspecified atom stereocenters. The minimum absolute atomic E-state index is 0.845. The zero-order valence-corrected chi connectivity index (χ0v) is 7.12. The van der Waals surface area contributed by atoms with E-state index < -0.39 is 0 Å². The fourth-order valence-electron chi connectivity index (χ4n) is 1.85. The Kier molecular flexibility index (Phi) is 2.19. The first kappa shape index (κ1) is 6.99. The van der Waals surface area contributed by atoms with Gasteiger partial charge in [0.15, 0.2) is 0 Å². The van der Waals surface area contributed by atoms with Gasteiger partial charge >= 0.3 is 0 Å². The van der Waals surface area contributed by atoms with Crippen LogP contribution >= 0.6 is 11.8 Å². The van der Waals surface area contributed by atoms with Crippen molar-refractivity contribution in [3.8, 4) is 0 Å². The van der Waals surface area contributed by atoms with Crippen molar-refractivity contribution in [2.45, 2.75) is 25.3 Å². The summed E-state index contributed by atoms with van der Waals surface area (Å²) in [6.07, 6.45) is 4.35. The van der Waals surface area contributed by atoms with E-state index in [9.17, 15) is 0 Å². The molecule has 2 heteroatoms. The van der Waals surface area contributed by atoms with Gasteiger partial charge in [0.2, 0.25) is 0 Å². The molecule has 2 rings (SSSR count). The molecule has 2 heterocycles. The van der Waals surface area contributed by atoms with E-state index in [1.165, 1.54) is 37.3 Å². The second kappa shape index (κ2) is 3.14. The second-order valence-electron chi connectivity index (χ2n) is 3.44. The van der Waals surface area contributed by atoms with Gasteiger partial charge in [0.25, 0.3) is 0 Å². The van der Waals surface area contributed by atoms with E-state index in [4.69, 9.17) is 0 Å². The smallest absolute Gasteiger partial charge is 0.0158 e. The van der Waals surface area contributed by atoms with Gasteiger partial charge in [0, 0.05) is 11.8 Å². The van der Waals surface area contributed by atoms with Gasteiger partial charge in [0.1, 0.15) is 0 Å². The Morgan fingerprint density at radius 2 is 2.20 bits per heavy atom. The molecule has 0 amide bonds. The molecule has 2 aliphatic heterocycles. The van der Waals surface area contributed by atoms with Gasteiger partial charge < -0.3 is 5.32 Å². The molecule has 2 saturated heterocycles. The van der Waals surface area contributed by atoms with Gasteiger partial charge in [-0.2, -0.15) is 11.8 Å². The third-order valence-corrected chi connectivity index (χ3v) is 3.88. The molecule has 0 aromatic rings. The summed E-state index contributed by atoms with van der Waals surface area (Å²) >= 11 is 2.15. The Morgan fingerprint density at radius 1 is 1.20 bits per heavy atom. The normalized spacial score (nSPS) is 40.8. The highest BCUT2D eigenvalue weighted by Crippen LogP contribution is 2.24. The summed E-state index contributed by atoms with van der Waals surface area (Å²) in [6, 6.07) is 0.845. The van der Waals surface area contributed by atoms with E-state index in [1.807, 2.05) is 0 Å². The molecular weight excluding hydrogens is 142 g/mol. The summed E-state index contributed by atoms with van der Waals surface area (Å²) in [5.41, 5.74) is 0. The third kappa shape index (κ3) is 1.48. The lowest BCUT2D eigenvalue weighted by molar-refractivity contribution is 0.523. The number of rotatable bonds is 0. The number of hydrogen-bond donors (Lipinski definition) is 1. The first-order valence-corrected chi connectivity index (χ1v) is 5.42. The number of hydrogen-bond acceptors (Lipinski definition) is 2. The van der Waals surface area contributed by atoms with Crippen molar-refractivity contribution >= 4 is 11.8 Å². The molecule has 2 fully saturated rings. The summed E-state index contributed by atoms with van der Waals surface area (Å²) in [5, 5.41) is 3.62. The summed E-state index contributed by atoms with van der Waals surface area (Å²) in [5.74, 6) is 3.75. The Balaban J connectivity index is 2.01. The second-order valence-corrected chi connectivity index (χ2v) is 4.51. The van der Waals surface area contributed by atoms with E-state index in [2.05, 4.69) is 17.1 Å². The van der Waals surface area contributed by atoms with Crippen LogP contribution in [0.25, 0.3) is 0 Å². The minimum Gasteiger partial charge on any atom is -0.313 e. The van der Waals surface area contributed by atoms with Gasteiger partial charge in [-0.1, -0.05) is 6.42 Å². The van der Waals surface area contributed by atoms with Crippen LogP contribution in [0.2, 0.25) is 0 Å². The van der Waals surface area contributed by atoms with Crippen molar-refractivity contribution < 1.29 is 0 Å². The lowest BCUT2D eigenvalue weighted by Crippen LogP contribution is -2.30. The fraction of sp³-hybridized carbons (Fsp3) is 1.00. The molecule has 0 aromatic carbocycles. The molecule has 2 bridgehead atoms. The van der Waals surface area contributed by atoms with Crippen molar-refractivity contribution in [1.29, 1.82) is 0 Å². The average Bonchev–Trinajstić information content (AvgIpc) is 2.17. The average molecular weight is 157 g/mol. The minimum atomic E-state index is 0.845. The van der Waals surface area contributed by atoms with Crippen LogP contribution in [0, 0.1) is 5.92 Å². The topological polar surface area (TPSA) is 12.0 Å². The fourth-order valence-corrected chi connectivity index (χ4v) is 3.17. The summed E-state index contributed by atoms with van der Waals surface area (Å²) < 4.78 is 0. The molecule has 0 saturated carbocycles. The van der Waals surface area contributed by atoms with Gasteiger partial charge in [-0.25, -0.2) is 0 Å². The Morgan fingerprint density at radius 3 is 3.20 bits per heavy atom. The van der Waals surface area contributed by atoms with Crippen LogP contribution in [0.5, 0.6) is 0 Å². The molecule has 0 aliphatic carbocycles. The van der Waals surface area contributed by atoms with E-state index in [1.54, 1.807) is 0 Å². The molecule has 0 aromatic heterocycles. The zero-order chi connectivity index (χ0) is 6.81. The molecule has 2 aliphatic rings. The van der Waals surface area contributed by atoms with Crippen molar-refractivity contribution in [1.82, 2.24) is 5.32 Å². The molecular formula is C8H15NS. The van der Waals surface area contributed by atoms with E-state index in [0.717, 1.165) is 12.0 Å². The van der Waals surface area contributed by atoms with Gasteiger partial charge in [-0.05, 0) is 31.1 Å². The molecule has 10 heavy (non-hydrogen) atoms. The summed E-state index contributed by atoms with van der Waals surface area (Å²) in [6.45, 7) is 1.29. The summed E-state index contributed by atoms with van der Waals surface area (Å²) in [4.78, 5) is 0. The third-order valence-electron chi connectivity index (χ3n) is 2.53. The highest BCUT2D eigenvalue weighted by atomic mass is 32.2. The van der Waals surface area contributed by atoms with Crippen molar-refractivity contribution in [3.63, 3.8) is 0 Å². The maximum absolute atomic E-state index is 3.62. The van der Waals surface area contributed by atoms with Gasteiger partial charge in [-0.15, -0.1) is 0 Å². The molecule has 0 radical (unpaired) electrons. The van der Waals surface area contributed by atoms with Crippen LogP contribution in [0.1, 0.15) is 19.3 Å². The Bertz CT molecular complexity index is 93.8. The molecule has 2 atom stereocenters. The standard InChI is InChI=1S/C8H15NS/c1-2-7-4-9-8(3-1)6-10-5-7/h7-9H,1-6H2. The quantitative estimate of drug-likeness (QED) is 0.572. The van der Waals surface area contributed by atoms with Crippen LogP contribution < -0.4 is 5.32 Å². The number of nitrogens with one attached hydrogen (secondary N) is 1.